The molecule has 0 aromatic heterocycles. The van der Waals surface area contributed by atoms with Crippen LogP contribution in [-0.2, 0) is 4.74 Å². The van der Waals surface area contributed by atoms with Crippen molar-refractivity contribution in [3.05, 3.63) is 23.8 Å². The lowest BCUT2D eigenvalue weighted by Crippen LogP contribution is -2.38. The standard InChI is InChI=1S/C14H23NO3/c1-6-18-14(2,3)13(15)11-9-10(16-4)7-8-12(11)17-5/h7-9,13H,6,15H2,1-5H3. The van der Waals surface area contributed by atoms with Gasteiger partial charge in [-0.3, -0.25) is 0 Å². The molecule has 4 nitrogen and oxygen atoms in total. The third-order valence-corrected chi connectivity index (χ3v) is 3.04. The molecule has 102 valence electrons. The molecule has 4 heteroatoms. The molecule has 0 fully saturated rings. The maximum absolute atomic E-state index is 6.30. The van der Waals surface area contributed by atoms with E-state index in [-0.39, 0.29) is 6.04 Å². The van der Waals surface area contributed by atoms with E-state index in [1.54, 1.807) is 14.2 Å². The second-order valence-electron chi connectivity index (χ2n) is 4.62. The monoisotopic (exact) mass is 253 g/mol. The van der Waals surface area contributed by atoms with Gasteiger partial charge in [0.2, 0.25) is 0 Å². The average molecular weight is 253 g/mol. The van der Waals surface area contributed by atoms with Crippen LogP contribution in [-0.4, -0.2) is 26.4 Å². The SMILES string of the molecule is CCOC(C)(C)C(N)c1cc(OC)ccc1OC. The summed E-state index contributed by atoms with van der Waals surface area (Å²) in [5, 5.41) is 0. The third-order valence-electron chi connectivity index (χ3n) is 3.04. The molecule has 0 aliphatic carbocycles. The van der Waals surface area contributed by atoms with Crippen molar-refractivity contribution >= 4 is 0 Å². The number of methoxy groups -OCH3 is 2. The van der Waals surface area contributed by atoms with Gasteiger partial charge >= 0.3 is 0 Å². The zero-order chi connectivity index (χ0) is 13.8. The molecule has 0 saturated heterocycles. The molecule has 0 spiro atoms. The van der Waals surface area contributed by atoms with E-state index < -0.39 is 5.60 Å². The van der Waals surface area contributed by atoms with Crippen LogP contribution in [0.4, 0.5) is 0 Å². The Balaban J connectivity index is 3.13. The van der Waals surface area contributed by atoms with Gasteiger partial charge in [0.05, 0.1) is 25.9 Å². The van der Waals surface area contributed by atoms with Gasteiger partial charge in [-0.05, 0) is 39.0 Å². The number of hydrogen-bond donors (Lipinski definition) is 1. The van der Waals surface area contributed by atoms with Gasteiger partial charge in [-0.15, -0.1) is 0 Å². The van der Waals surface area contributed by atoms with Crippen LogP contribution in [0.1, 0.15) is 32.4 Å². The number of hydrogen-bond acceptors (Lipinski definition) is 4. The predicted molar refractivity (Wildman–Crippen MR) is 72.2 cm³/mol. The lowest BCUT2D eigenvalue weighted by Gasteiger charge is -2.32. The first-order valence-electron chi connectivity index (χ1n) is 6.07. The molecule has 1 aromatic carbocycles. The molecular formula is C14H23NO3. The zero-order valence-electron chi connectivity index (χ0n) is 11.8. The molecule has 0 bridgehead atoms. The highest BCUT2D eigenvalue weighted by atomic mass is 16.5. The second kappa shape index (κ2) is 6.07. The number of nitrogens with two attached hydrogens (primary N) is 1. The highest BCUT2D eigenvalue weighted by molar-refractivity contribution is 5.43. The van der Waals surface area contributed by atoms with Gasteiger partial charge in [-0.25, -0.2) is 0 Å². The van der Waals surface area contributed by atoms with Crippen molar-refractivity contribution in [2.24, 2.45) is 5.73 Å². The lowest BCUT2D eigenvalue weighted by molar-refractivity contribution is -0.0302. The first-order valence-corrected chi connectivity index (χ1v) is 6.07. The van der Waals surface area contributed by atoms with Crippen LogP contribution in [0.25, 0.3) is 0 Å². The number of benzene rings is 1. The van der Waals surface area contributed by atoms with Crippen molar-refractivity contribution in [1.82, 2.24) is 0 Å². The Bertz CT molecular complexity index is 391. The Morgan fingerprint density at radius 3 is 2.39 bits per heavy atom. The Hall–Kier alpha value is -1.26. The fraction of sp³-hybridized carbons (Fsp3) is 0.571. The Labute approximate surface area is 109 Å². The largest absolute Gasteiger partial charge is 0.497 e. The zero-order valence-corrected chi connectivity index (χ0v) is 11.8. The maximum atomic E-state index is 6.30. The first kappa shape index (κ1) is 14.8. The van der Waals surface area contributed by atoms with Crippen molar-refractivity contribution in [1.29, 1.82) is 0 Å². The van der Waals surface area contributed by atoms with Crippen LogP contribution >= 0.6 is 0 Å². The summed E-state index contributed by atoms with van der Waals surface area (Å²) in [7, 11) is 3.26. The fourth-order valence-electron chi connectivity index (χ4n) is 1.92. The Kier molecular flexibility index (Phi) is 4.99. The van der Waals surface area contributed by atoms with E-state index in [2.05, 4.69) is 0 Å². The maximum Gasteiger partial charge on any atom is 0.124 e. The van der Waals surface area contributed by atoms with Crippen LogP contribution in [0.15, 0.2) is 18.2 Å². The molecule has 2 N–H and O–H groups in total. The average Bonchev–Trinajstić information content (AvgIpc) is 2.37. The molecule has 0 radical (unpaired) electrons. The minimum Gasteiger partial charge on any atom is -0.497 e. The van der Waals surface area contributed by atoms with Crippen LogP contribution in [0, 0.1) is 0 Å². The summed E-state index contributed by atoms with van der Waals surface area (Å²) in [5.74, 6) is 1.50. The lowest BCUT2D eigenvalue weighted by atomic mass is 9.91. The second-order valence-corrected chi connectivity index (χ2v) is 4.62. The van der Waals surface area contributed by atoms with Gasteiger partial charge < -0.3 is 19.9 Å². The molecule has 1 rings (SSSR count). The van der Waals surface area contributed by atoms with Crippen LogP contribution in [0.2, 0.25) is 0 Å². The van der Waals surface area contributed by atoms with Crippen molar-refractivity contribution in [3.8, 4) is 11.5 Å². The highest BCUT2D eigenvalue weighted by Gasteiger charge is 2.30. The molecule has 1 aromatic rings. The molecule has 0 aliphatic heterocycles. The van der Waals surface area contributed by atoms with Gasteiger partial charge in [-0.2, -0.15) is 0 Å². The van der Waals surface area contributed by atoms with Crippen LogP contribution in [0.5, 0.6) is 11.5 Å². The van der Waals surface area contributed by atoms with Gasteiger partial charge in [-0.1, -0.05) is 0 Å². The van der Waals surface area contributed by atoms with E-state index >= 15 is 0 Å². The van der Waals surface area contributed by atoms with Crippen LogP contribution < -0.4 is 15.2 Å². The number of ether oxygens (including phenoxy) is 3. The molecule has 18 heavy (non-hydrogen) atoms. The summed E-state index contributed by atoms with van der Waals surface area (Å²) in [4.78, 5) is 0. The topological polar surface area (TPSA) is 53.7 Å². The van der Waals surface area contributed by atoms with E-state index in [1.807, 2.05) is 39.0 Å². The van der Waals surface area contributed by atoms with E-state index in [9.17, 15) is 0 Å². The fourth-order valence-corrected chi connectivity index (χ4v) is 1.92. The molecule has 0 amide bonds. The summed E-state index contributed by atoms with van der Waals surface area (Å²) >= 11 is 0. The molecule has 1 atom stereocenters. The quantitative estimate of drug-likeness (QED) is 0.846. The van der Waals surface area contributed by atoms with E-state index in [4.69, 9.17) is 19.9 Å². The van der Waals surface area contributed by atoms with E-state index in [1.165, 1.54) is 0 Å². The van der Waals surface area contributed by atoms with Gasteiger partial charge in [0.15, 0.2) is 0 Å². The van der Waals surface area contributed by atoms with Crippen molar-refractivity contribution in [2.75, 3.05) is 20.8 Å². The molecular weight excluding hydrogens is 230 g/mol. The highest BCUT2D eigenvalue weighted by Crippen LogP contribution is 2.35. The summed E-state index contributed by atoms with van der Waals surface area (Å²) in [6.45, 7) is 6.52. The summed E-state index contributed by atoms with van der Waals surface area (Å²) in [5.41, 5.74) is 6.72. The van der Waals surface area contributed by atoms with Gasteiger partial charge in [0.25, 0.3) is 0 Å². The van der Waals surface area contributed by atoms with Crippen molar-refractivity contribution < 1.29 is 14.2 Å². The Morgan fingerprint density at radius 1 is 1.22 bits per heavy atom. The molecule has 0 saturated carbocycles. The number of rotatable bonds is 6. The minimum absolute atomic E-state index is 0.289. The summed E-state index contributed by atoms with van der Waals surface area (Å²) in [6, 6.07) is 5.31. The third kappa shape index (κ3) is 3.15. The molecule has 1 unspecified atom stereocenters. The molecule has 0 heterocycles. The predicted octanol–water partition coefficient (Wildman–Crippen LogP) is 2.52. The summed E-state index contributed by atoms with van der Waals surface area (Å²) in [6.07, 6.45) is 0. The van der Waals surface area contributed by atoms with Gasteiger partial charge in [0, 0.05) is 12.2 Å². The van der Waals surface area contributed by atoms with Gasteiger partial charge in [0.1, 0.15) is 11.5 Å². The van der Waals surface area contributed by atoms with E-state index in [0.717, 1.165) is 17.1 Å². The minimum atomic E-state index is -0.464. The van der Waals surface area contributed by atoms with Crippen LogP contribution in [0.3, 0.4) is 0 Å². The summed E-state index contributed by atoms with van der Waals surface area (Å²) < 4.78 is 16.3. The normalized spacial score (nSPS) is 13.2. The first-order chi connectivity index (χ1) is 8.46. The molecule has 0 aliphatic rings. The smallest absolute Gasteiger partial charge is 0.124 e. The van der Waals surface area contributed by atoms with Crippen molar-refractivity contribution in [3.63, 3.8) is 0 Å². The Morgan fingerprint density at radius 2 is 1.89 bits per heavy atom. The van der Waals surface area contributed by atoms with Crippen molar-refractivity contribution in [2.45, 2.75) is 32.4 Å². The van der Waals surface area contributed by atoms with E-state index in [0.29, 0.717) is 6.61 Å².